The van der Waals surface area contributed by atoms with Crippen LogP contribution in [0.3, 0.4) is 0 Å². The van der Waals surface area contributed by atoms with E-state index in [0.29, 0.717) is 34.4 Å². The molecular weight excluding hydrogens is 417 g/mol. The lowest BCUT2D eigenvalue weighted by molar-refractivity contribution is 0.497. The molecule has 33 heavy (non-hydrogen) atoms. The molecule has 1 saturated heterocycles. The van der Waals surface area contributed by atoms with Crippen LogP contribution in [0.2, 0.25) is 0 Å². The van der Waals surface area contributed by atoms with Crippen LogP contribution in [0.1, 0.15) is 42.7 Å². The van der Waals surface area contributed by atoms with E-state index in [2.05, 4.69) is 21.9 Å². The molecule has 2 fully saturated rings. The van der Waals surface area contributed by atoms with Crippen molar-refractivity contribution in [1.82, 2.24) is 9.55 Å². The van der Waals surface area contributed by atoms with Gasteiger partial charge in [0.25, 0.3) is 5.56 Å². The number of piperidine rings is 1. The average Bonchev–Trinajstić information content (AvgIpc) is 3.67. The minimum absolute atomic E-state index is 0.0567. The van der Waals surface area contributed by atoms with Crippen LogP contribution in [-0.2, 0) is 0 Å². The lowest BCUT2D eigenvalue weighted by Crippen LogP contribution is -2.41. The van der Waals surface area contributed by atoms with Crippen molar-refractivity contribution in [2.45, 2.75) is 44.6 Å². The van der Waals surface area contributed by atoms with Gasteiger partial charge in [0, 0.05) is 24.7 Å². The summed E-state index contributed by atoms with van der Waals surface area (Å²) in [5.41, 5.74) is 8.80. The molecule has 2 aliphatic rings. The second-order valence-corrected chi connectivity index (χ2v) is 8.99. The van der Waals surface area contributed by atoms with E-state index in [9.17, 15) is 9.18 Å². The van der Waals surface area contributed by atoms with Crippen LogP contribution in [-0.4, -0.2) is 28.7 Å². The third-order valence-corrected chi connectivity index (χ3v) is 6.65. The normalized spacial score (nSPS) is 16.6. The molecule has 0 radical (unpaired) electrons. The number of halogens is 1. The zero-order chi connectivity index (χ0) is 23.1. The van der Waals surface area contributed by atoms with Crippen molar-refractivity contribution in [1.29, 1.82) is 0 Å². The number of hydrogen-bond acceptors (Lipinski definition) is 4. The van der Waals surface area contributed by atoms with E-state index in [1.807, 2.05) is 12.1 Å². The predicted octanol–water partition coefficient (Wildman–Crippen LogP) is 4.70. The molecule has 3 aromatic rings. The van der Waals surface area contributed by atoms with E-state index in [4.69, 9.17) is 17.3 Å². The van der Waals surface area contributed by atoms with Crippen molar-refractivity contribution in [3.05, 3.63) is 81.2 Å². The van der Waals surface area contributed by atoms with Gasteiger partial charge in [0.05, 0.1) is 17.8 Å². The molecule has 0 bridgehead atoms. The van der Waals surface area contributed by atoms with Crippen molar-refractivity contribution in [2.24, 2.45) is 5.73 Å². The molecule has 1 aromatic heterocycles. The maximum absolute atomic E-state index is 14.5. The molecule has 168 valence electrons. The maximum atomic E-state index is 14.5. The molecule has 2 N–H and O–H groups in total. The smallest absolute Gasteiger partial charge is 0.263 e. The summed E-state index contributed by atoms with van der Waals surface area (Å²) in [4.78, 5) is 23.9. The van der Waals surface area contributed by atoms with E-state index in [1.54, 1.807) is 17.6 Å². The van der Waals surface area contributed by atoms with Crippen LogP contribution in [0.15, 0.2) is 47.3 Å². The highest BCUT2D eigenvalue weighted by molar-refractivity contribution is 5.66. The fourth-order valence-corrected chi connectivity index (χ4v) is 4.49. The van der Waals surface area contributed by atoms with Crippen molar-refractivity contribution >= 4 is 11.5 Å². The SMILES string of the molecule is [C-]#[N+]c1ccc(-c2nc(N3CCC(N)CC3)c(C)c(=O)n2-c2ccc(C3CC3)cc2)cc1F. The number of hydrogen-bond donors (Lipinski definition) is 1. The van der Waals surface area contributed by atoms with Crippen LogP contribution in [0.5, 0.6) is 0 Å². The van der Waals surface area contributed by atoms with Crippen LogP contribution >= 0.6 is 0 Å². The van der Waals surface area contributed by atoms with Crippen molar-refractivity contribution in [3.63, 3.8) is 0 Å². The third-order valence-electron chi connectivity index (χ3n) is 6.65. The minimum atomic E-state index is -0.626. The van der Waals surface area contributed by atoms with Gasteiger partial charge in [-0.1, -0.05) is 24.3 Å². The quantitative estimate of drug-likeness (QED) is 0.594. The molecule has 0 unspecified atom stereocenters. The van der Waals surface area contributed by atoms with E-state index in [1.165, 1.54) is 30.5 Å². The molecule has 1 aliphatic carbocycles. The van der Waals surface area contributed by atoms with Gasteiger partial charge in [-0.15, -0.1) is 0 Å². The third kappa shape index (κ3) is 4.03. The summed E-state index contributed by atoms with van der Waals surface area (Å²) in [5.74, 6) is 0.962. The van der Waals surface area contributed by atoms with Gasteiger partial charge in [-0.25, -0.2) is 14.2 Å². The maximum Gasteiger partial charge on any atom is 0.263 e. The Labute approximate surface area is 192 Å². The highest BCUT2D eigenvalue weighted by Crippen LogP contribution is 2.40. The van der Waals surface area contributed by atoms with Crippen LogP contribution < -0.4 is 16.2 Å². The average molecular weight is 444 g/mol. The summed E-state index contributed by atoms with van der Waals surface area (Å²) in [5, 5.41) is 0. The number of aromatic nitrogens is 2. The summed E-state index contributed by atoms with van der Waals surface area (Å²) >= 11 is 0. The zero-order valence-corrected chi connectivity index (χ0v) is 18.6. The standard InChI is InChI=1S/C26H26FN5O/c1-16-24(31-13-11-20(28)12-14-31)30-25(19-7-10-23(29-2)22(27)15-19)32(26(16)33)21-8-5-18(6-9-21)17-3-4-17/h5-10,15,17,20H,3-4,11-14,28H2,1H3. The monoisotopic (exact) mass is 443 g/mol. The number of nitrogens with zero attached hydrogens (tertiary/aromatic N) is 4. The molecule has 0 amide bonds. The van der Waals surface area contributed by atoms with Gasteiger partial charge >= 0.3 is 0 Å². The second kappa shape index (κ2) is 8.45. The van der Waals surface area contributed by atoms with Gasteiger partial charge in [0.1, 0.15) is 17.5 Å². The molecule has 2 heterocycles. The second-order valence-electron chi connectivity index (χ2n) is 8.99. The molecule has 1 saturated carbocycles. The van der Waals surface area contributed by atoms with E-state index < -0.39 is 5.82 Å². The van der Waals surface area contributed by atoms with Crippen molar-refractivity contribution in [3.8, 4) is 17.1 Å². The highest BCUT2D eigenvalue weighted by Gasteiger charge is 2.25. The van der Waals surface area contributed by atoms with Gasteiger partial charge < -0.3 is 10.6 Å². The Kier molecular flexibility index (Phi) is 5.47. The van der Waals surface area contributed by atoms with Crippen LogP contribution in [0.4, 0.5) is 15.9 Å². The van der Waals surface area contributed by atoms with Gasteiger partial charge in [0.15, 0.2) is 0 Å². The summed E-state index contributed by atoms with van der Waals surface area (Å²) in [6.07, 6.45) is 4.06. The first-order valence-corrected chi connectivity index (χ1v) is 11.4. The lowest BCUT2D eigenvalue weighted by Gasteiger charge is -2.32. The molecule has 1 aliphatic heterocycles. The first-order chi connectivity index (χ1) is 16.0. The fraction of sp³-hybridized carbons (Fsp3) is 0.346. The largest absolute Gasteiger partial charge is 0.356 e. The Balaban J connectivity index is 1.68. The van der Waals surface area contributed by atoms with Crippen molar-refractivity contribution < 1.29 is 4.39 Å². The Morgan fingerprint density at radius 1 is 1.09 bits per heavy atom. The highest BCUT2D eigenvalue weighted by atomic mass is 19.1. The van der Waals surface area contributed by atoms with E-state index in [0.717, 1.165) is 25.9 Å². The molecule has 2 aromatic carbocycles. The van der Waals surface area contributed by atoms with E-state index in [-0.39, 0.29) is 17.3 Å². The van der Waals surface area contributed by atoms with Crippen molar-refractivity contribution in [2.75, 3.05) is 18.0 Å². The van der Waals surface area contributed by atoms with Gasteiger partial charge in [-0.2, -0.15) is 0 Å². The molecular formula is C26H26FN5O. The van der Waals surface area contributed by atoms with Gasteiger partial charge in [0.2, 0.25) is 5.69 Å². The van der Waals surface area contributed by atoms with Crippen LogP contribution in [0, 0.1) is 19.3 Å². The topological polar surface area (TPSA) is 68.5 Å². The van der Waals surface area contributed by atoms with Gasteiger partial charge in [-0.3, -0.25) is 9.36 Å². The Hall–Kier alpha value is -3.50. The Morgan fingerprint density at radius 2 is 1.79 bits per heavy atom. The number of rotatable bonds is 4. The fourth-order valence-electron chi connectivity index (χ4n) is 4.49. The summed E-state index contributed by atoms with van der Waals surface area (Å²) in [6, 6.07) is 12.5. The molecule has 5 rings (SSSR count). The Bertz CT molecular complexity index is 1300. The molecule has 0 spiro atoms. The molecule has 6 nitrogen and oxygen atoms in total. The number of benzene rings is 2. The minimum Gasteiger partial charge on any atom is -0.356 e. The summed E-state index contributed by atoms with van der Waals surface area (Å²) in [6.45, 7) is 10.4. The predicted molar refractivity (Wildman–Crippen MR) is 128 cm³/mol. The zero-order valence-electron chi connectivity index (χ0n) is 18.6. The first kappa shape index (κ1) is 21.4. The Morgan fingerprint density at radius 3 is 2.39 bits per heavy atom. The first-order valence-electron chi connectivity index (χ1n) is 11.4. The van der Waals surface area contributed by atoms with Crippen LogP contribution in [0.25, 0.3) is 21.9 Å². The number of nitrogens with two attached hydrogens (primary N) is 1. The summed E-state index contributed by atoms with van der Waals surface area (Å²) in [7, 11) is 0. The summed E-state index contributed by atoms with van der Waals surface area (Å²) < 4.78 is 16.1. The van der Waals surface area contributed by atoms with E-state index >= 15 is 0 Å². The molecule has 0 atom stereocenters. The lowest BCUT2D eigenvalue weighted by atomic mass is 10.1. The number of anilines is 1. The van der Waals surface area contributed by atoms with Gasteiger partial charge in [-0.05, 0) is 62.3 Å². The molecule has 7 heteroatoms.